The fourth-order valence-corrected chi connectivity index (χ4v) is 5.55. The van der Waals surface area contributed by atoms with Crippen LogP contribution in [0.25, 0.3) is 0 Å². The summed E-state index contributed by atoms with van der Waals surface area (Å²) in [6, 6.07) is 3.90. The zero-order valence-electron chi connectivity index (χ0n) is 12.8. The van der Waals surface area contributed by atoms with E-state index >= 15 is 0 Å². The Hall–Kier alpha value is -1.08. The molecule has 0 spiro atoms. The van der Waals surface area contributed by atoms with Crippen molar-refractivity contribution in [1.82, 2.24) is 0 Å². The molecule has 0 atom stereocenters. The molecule has 0 aliphatic heterocycles. The molecule has 21 heavy (non-hydrogen) atoms. The summed E-state index contributed by atoms with van der Waals surface area (Å²) >= 11 is 0. The molecular formula is C14H23NO4S2. The largest absolute Gasteiger partial charge is 0.398 e. The van der Waals surface area contributed by atoms with E-state index in [0.717, 1.165) is 0 Å². The smallest absolute Gasteiger partial charge is 0.180 e. The zero-order valence-corrected chi connectivity index (χ0v) is 14.5. The first-order chi connectivity index (χ1) is 9.45. The van der Waals surface area contributed by atoms with Gasteiger partial charge in [-0.05, 0) is 30.0 Å². The van der Waals surface area contributed by atoms with Gasteiger partial charge < -0.3 is 5.73 Å². The predicted molar refractivity (Wildman–Crippen MR) is 84.6 cm³/mol. The predicted octanol–water partition coefficient (Wildman–Crippen LogP) is 2.13. The Labute approximate surface area is 127 Å². The summed E-state index contributed by atoms with van der Waals surface area (Å²) in [5, 5.41) is 0. The quantitative estimate of drug-likeness (QED) is 0.805. The molecule has 0 fully saturated rings. The fraction of sp³-hybridized carbons (Fsp3) is 0.571. The minimum Gasteiger partial charge on any atom is -0.398 e. The molecule has 120 valence electrons. The van der Waals surface area contributed by atoms with Crippen LogP contribution in [0.15, 0.2) is 28.0 Å². The normalized spacial score (nSPS) is 13.0. The van der Waals surface area contributed by atoms with E-state index < -0.39 is 19.7 Å². The van der Waals surface area contributed by atoms with E-state index in [1.807, 2.05) is 0 Å². The second-order valence-electron chi connectivity index (χ2n) is 6.05. The number of nitrogens with two attached hydrogens (primary N) is 1. The molecule has 1 aromatic rings. The van der Waals surface area contributed by atoms with Gasteiger partial charge in [-0.15, -0.1) is 0 Å². The fourth-order valence-electron chi connectivity index (χ4n) is 2.04. The van der Waals surface area contributed by atoms with E-state index in [1.165, 1.54) is 18.2 Å². The van der Waals surface area contributed by atoms with Gasteiger partial charge in [0.2, 0.25) is 0 Å². The molecule has 0 aromatic heterocycles. The van der Waals surface area contributed by atoms with Crippen molar-refractivity contribution < 1.29 is 16.8 Å². The van der Waals surface area contributed by atoms with E-state index in [2.05, 4.69) is 0 Å². The van der Waals surface area contributed by atoms with Crippen LogP contribution in [0.2, 0.25) is 0 Å². The Morgan fingerprint density at radius 3 is 1.86 bits per heavy atom. The first-order valence-corrected chi connectivity index (χ1v) is 10.1. The maximum atomic E-state index is 12.3. The number of hydrogen-bond acceptors (Lipinski definition) is 5. The van der Waals surface area contributed by atoms with Gasteiger partial charge in [0.05, 0.1) is 27.0 Å². The number of rotatable bonds is 6. The number of benzene rings is 1. The van der Waals surface area contributed by atoms with Crippen LogP contribution in [0.3, 0.4) is 0 Å². The van der Waals surface area contributed by atoms with Crippen LogP contribution in [0.4, 0.5) is 5.69 Å². The lowest BCUT2D eigenvalue weighted by Gasteiger charge is -2.12. The first kappa shape index (κ1) is 18.0. The third-order valence-electron chi connectivity index (χ3n) is 2.78. The molecule has 0 aliphatic rings. The molecular weight excluding hydrogens is 310 g/mol. The highest BCUT2D eigenvalue weighted by Gasteiger charge is 2.23. The lowest BCUT2D eigenvalue weighted by molar-refractivity contribution is 0.581. The Balaban J connectivity index is 3.36. The van der Waals surface area contributed by atoms with Crippen molar-refractivity contribution in [3.63, 3.8) is 0 Å². The van der Waals surface area contributed by atoms with Gasteiger partial charge in [-0.25, -0.2) is 16.8 Å². The van der Waals surface area contributed by atoms with Crippen molar-refractivity contribution >= 4 is 25.4 Å². The van der Waals surface area contributed by atoms with E-state index in [0.29, 0.717) is 0 Å². The standard InChI is InChI=1S/C14H23NO4S2/c1-10(2)8-20(16,17)12-5-6-13(15)14(7-12)21(18,19)9-11(3)4/h5-7,10-11H,8-9,15H2,1-4H3. The van der Waals surface area contributed by atoms with Crippen LogP contribution in [0.5, 0.6) is 0 Å². The van der Waals surface area contributed by atoms with Gasteiger partial charge in [0.25, 0.3) is 0 Å². The van der Waals surface area contributed by atoms with Crippen molar-refractivity contribution in [1.29, 1.82) is 0 Å². The monoisotopic (exact) mass is 333 g/mol. The molecule has 5 nitrogen and oxygen atoms in total. The van der Waals surface area contributed by atoms with E-state index in [4.69, 9.17) is 5.73 Å². The van der Waals surface area contributed by atoms with Crippen LogP contribution >= 0.6 is 0 Å². The number of hydrogen-bond donors (Lipinski definition) is 1. The van der Waals surface area contributed by atoms with Gasteiger partial charge in [-0.3, -0.25) is 0 Å². The summed E-state index contributed by atoms with van der Waals surface area (Å²) in [5.74, 6) is -0.195. The highest BCUT2D eigenvalue weighted by atomic mass is 32.2. The molecule has 0 saturated carbocycles. The van der Waals surface area contributed by atoms with Crippen LogP contribution in [0, 0.1) is 11.8 Å². The maximum absolute atomic E-state index is 12.3. The minimum atomic E-state index is -3.59. The Morgan fingerprint density at radius 2 is 1.38 bits per heavy atom. The highest BCUT2D eigenvalue weighted by molar-refractivity contribution is 7.92. The summed E-state index contributed by atoms with van der Waals surface area (Å²) in [6.07, 6.45) is 0. The summed E-state index contributed by atoms with van der Waals surface area (Å²) in [6.45, 7) is 7.16. The molecule has 0 heterocycles. The molecule has 0 radical (unpaired) electrons. The number of sulfone groups is 2. The van der Waals surface area contributed by atoms with Crippen LogP contribution in [-0.4, -0.2) is 28.3 Å². The SMILES string of the molecule is CC(C)CS(=O)(=O)c1ccc(N)c(S(=O)(=O)CC(C)C)c1. The van der Waals surface area contributed by atoms with E-state index in [9.17, 15) is 16.8 Å². The summed E-state index contributed by atoms with van der Waals surface area (Å²) in [4.78, 5) is -0.0891. The Morgan fingerprint density at radius 1 is 0.905 bits per heavy atom. The van der Waals surface area contributed by atoms with Crippen molar-refractivity contribution in [2.75, 3.05) is 17.2 Å². The molecule has 1 rings (SSSR count). The second kappa shape index (κ2) is 6.36. The molecule has 0 aliphatic carbocycles. The summed E-state index contributed by atoms with van der Waals surface area (Å²) in [7, 11) is -7.10. The van der Waals surface area contributed by atoms with Gasteiger partial charge in [-0.1, -0.05) is 27.7 Å². The van der Waals surface area contributed by atoms with Crippen molar-refractivity contribution in [3.05, 3.63) is 18.2 Å². The average Bonchev–Trinajstić information content (AvgIpc) is 2.25. The molecule has 0 bridgehead atoms. The topological polar surface area (TPSA) is 94.3 Å². The average molecular weight is 333 g/mol. The highest BCUT2D eigenvalue weighted by Crippen LogP contribution is 2.26. The number of nitrogen functional groups attached to an aromatic ring is 1. The minimum absolute atomic E-state index is 0.00716. The third kappa shape index (κ3) is 4.71. The van der Waals surface area contributed by atoms with Crippen molar-refractivity contribution in [2.24, 2.45) is 11.8 Å². The van der Waals surface area contributed by atoms with Crippen molar-refractivity contribution in [2.45, 2.75) is 37.5 Å². The molecule has 2 N–H and O–H groups in total. The van der Waals surface area contributed by atoms with Crippen molar-refractivity contribution in [3.8, 4) is 0 Å². The van der Waals surface area contributed by atoms with Gasteiger partial charge in [0.1, 0.15) is 0 Å². The number of anilines is 1. The first-order valence-electron chi connectivity index (χ1n) is 6.80. The van der Waals surface area contributed by atoms with Crippen LogP contribution < -0.4 is 5.73 Å². The molecule has 0 unspecified atom stereocenters. The maximum Gasteiger partial charge on any atom is 0.180 e. The van der Waals surface area contributed by atoms with Crippen LogP contribution in [-0.2, 0) is 19.7 Å². The molecule has 7 heteroatoms. The Kier molecular flexibility index (Phi) is 5.44. The molecule has 0 amide bonds. The molecule has 1 aromatic carbocycles. The van der Waals surface area contributed by atoms with E-state index in [-0.39, 0.29) is 38.8 Å². The zero-order chi connectivity index (χ0) is 16.4. The lowest BCUT2D eigenvalue weighted by atomic mass is 10.3. The Bertz CT molecular complexity index is 704. The van der Waals surface area contributed by atoms with Gasteiger partial charge in [-0.2, -0.15) is 0 Å². The van der Waals surface area contributed by atoms with Gasteiger partial charge in [0, 0.05) is 0 Å². The molecule has 0 saturated heterocycles. The van der Waals surface area contributed by atoms with E-state index in [1.54, 1.807) is 27.7 Å². The third-order valence-corrected chi connectivity index (χ3v) is 6.99. The summed E-state index contributed by atoms with van der Waals surface area (Å²) in [5.41, 5.74) is 5.80. The second-order valence-corrected chi connectivity index (χ2v) is 10.1. The summed E-state index contributed by atoms with van der Waals surface area (Å²) < 4.78 is 49.0. The van der Waals surface area contributed by atoms with Crippen LogP contribution in [0.1, 0.15) is 27.7 Å². The lowest BCUT2D eigenvalue weighted by Crippen LogP contribution is -2.16. The van der Waals surface area contributed by atoms with Gasteiger partial charge >= 0.3 is 0 Å². The van der Waals surface area contributed by atoms with Gasteiger partial charge in [0.15, 0.2) is 19.7 Å².